The normalized spacial score (nSPS) is 10.9. The molecule has 0 saturated heterocycles. The van der Waals surface area contributed by atoms with Gasteiger partial charge in [-0.25, -0.2) is 10.2 Å². The molecule has 5 nitrogen and oxygen atoms in total. The summed E-state index contributed by atoms with van der Waals surface area (Å²) in [4.78, 5) is 12.1. The molecule has 0 bridgehead atoms. The van der Waals surface area contributed by atoms with E-state index in [0.29, 0.717) is 27.0 Å². The van der Waals surface area contributed by atoms with E-state index in [2.05, 4.69) is 47.7 Å². The number of anilines is 1. The molecule has 0 unspecified atom stereocenters. The number of nitrogens with one attached hydrogen (secondary N) is 2. The van der Waals surface area contributed by atoms with Crippen LogP contribution in [0.4, 0.5) is 10.5 Å². The molecule has 2 amide bonds. The van der Waals surface area contributed by atoms with E-state index in [4.69, 9.17) is 27.9 Å². The topological polar surface area (TPSA) is 62.7 Å². The molecule has 0 spiro atoms. The van der Waals surface area contributed by atoms with Crippen molar-refractivity contribution < 1.29 is 9.53 Å². The number of rotatable bonds is 6. The summed E-state index contributed by atoms with van der Waals surface area (Å²) in [5, 5.41) is 7.84. The van der Waals surface area contributed by atoms with Crippen LogP contribution < -0.4 is 15.5 Å². The van der Waals surface area contributed by atoms with Crippen LogP contribution in [0.25, 0.3) is 0 Å². The third-order valence-electron chi connectivity index (χ3n) is 4.16. The second kappa shape index (κ2) is 11.0. The molecular weight excluding hydrogens is 569 g/mol. The largest absolute Gasteiger partial charge is 0.488 e. The number of ether oxygens (including phenoxy) is 1. The zero-order valence-electron chi connectivity index (χ0n) is 16.3. The lowest BCUT2D eigenvalue weighted by Gasteiger charge is -2.11. The summed E-state index contributed by atoms with van der Waals surface area (Å²) in [6.07, 6.45) is 1.51. The molecule has 0 aliphatic rings. The van der Waals surface area contributed by atoms with Crippen molar-refractivity contribution in [3.8, 4) is 5.75 Å². The van der Waals surface area contributed by atoms with Crippen molar-refractivity contribution in [1.82, 2.24) is 5.43 Å². The van der Waals surface area contributed by atoms with E-state index in [9.17, 15) is 4.79 Å². The Morgan fingerprint density at radius 2 is 1.90 bits per heavy atom. The van der Waals surface area contributed by atoms with Gasteiger partial charge in [-0.15, -0.1) is 0 Å². The van der Waals surface area contributed by atoms with Gasteiger partial charge in [0.15, 0.2) is 0 Å². The predicted molar refractivity (Wildman–Crippen MR) is 134 cm³/mol. The lowest BCUT2D eigenvalue weighted by Crippen LogP contribution is -2.24. The van der Waals surface area contributed by atoms with Gasteiger partial charge in [0.05, 0.1) is 6.21 Å². The van der Waals surface area contributed by atoms with E-state index in [-0.39, 0.29) is 6.61 Å². The predicted octanol–water partition coefficient (Wildman–Crippen LogP) is 7.56. The molecule has 0 aliphatic carbocycles. The van der Waals surface area contributed by atoms with Crippen molar-refractivity contribution >= 4 is 73.0 Å². The van der Waals surface area contributed by atoms with Gasteiger partial charge in [0.1, 0.15) is 12.4 Å². The molecule has 0 atom stereocenters. The summed E-state index contributed by atoms with van der Waals surface area (Å²) in [7, 11) is 0. The fourth-order valence-corrected chi connectivity index (χ4v) is 3.68. The number of benzene rings is 3. The Balaban J connectivity index is 1.64. The maximum absolute atomic E-state index is 12.1. The minimum Gasteiger partial charge on any atom is -0.488 e. The first-order chi connectivity index (χ1) is 14.8. The first-order valence-electron chi connectivity index (χ1n) is 9.04. The number of carbonyl (C=O) groups excluding carboxylic acids is 1. The van der Waals surface area contributed by atoms with E-state index in [1.165, 1.54) is 6.21 Å². The Bertz CT molecular complexity index is 1140. The van der Waals surface area contributed by atoms with Crippen molar-refractivity contribution in [2.45, 2.75) is 13.5 Å². The van der Waals surface area contributed by atoms with Gasteiger partial charge in [-0.1, -0.05) is 61.1 Å². The molecule has 31 heavy (non-hydrogen) atoms. The highest BCUT2D eigenvalue weighted by Crippen LogP contribution is 2.26. The summed E-state index contributed by atoms with van der Waals surface area (Å²) in [5.74, 6) is 0.587. The average Bonchev–Trinajstić information content (AvgIpc) is 2.71. The number of hydrogen-bond donors (Lipinski definition) is 2. The van der Waals surface area contributed by atoms with Crippen molar-refractivity contribution in [2.75, 3.05) is 5.32 Å². The first-order valence-corrected chi connectivity index (χ1v) is 11.4. The van der Waals surface area contributed by atoms with Gasteiger partial charge in [-0.2, -0.15) is 5.10 Å². The van der Waals surface area contributed by atoms with Crippen LogP contribution in [0, 0.1) is 6.92 Å². The average molecular weight is 586 g/mol. The maximum Gasteiger partial charge on any atom is 0.339 e. The van der Waals surface area contributed by atoms with Gasteiger partial charge in [-0.05, 0) is 61.0 Å². The Kier molecular flexibility index (Phi) is 8.37. The Morgan fingerprint density at radius 3 is 2.65 bits per heavy atom. The SMILES string of the molecule is Cc1cc(NC(=O)N/N=C/c2cc(Br)ccc2OCc2ccc(Cl)cc2Cl)ccc1Br. The number of aryl methyl sites for hydroxylation is 1. The molecule has 0 aliphatic heterocycles. The summed E-state index contributed by atoms with van der Waals surface area (Å²) >= 11 is 19.0. The van der Waals surface area contributed by atoms with E-state index < -0.39 is 6.03 Å². The molecule has 0 heterocycles. The number of hydrogen-bond acceptors (Lipinski definition) is 3. The Hall–Kier alpha value is -2.06. The van der Waals surface area contributed by atoms with Crippen molar-refractivity contribution in [2.24, 2.45) is 5.10 Å². The van der Waals surface area contributed by atoms with Crippen LogP contribution in [0.3, 0.4) is 0 Å². The highest BCUT2D eigenvalue weighted by Gasteiger charge is 2.07. The quantitative estimate of drug-likeness (QED) is 0.232. The van der Waals surface area contributed by atoms with Crippen LogP contribution in [-0.2, 0) is 6.61 Å². The summed E-state index contributed by atoms with van der Waals surface area (Å²) in [6, 6.07) is 15.8. The number of amides is 2. The number of nitrogens with zero attached hydrogens (tertiary/aromatic N) is 1. The number of urea groups is 1. The third-order valence-corrected chi connectivity index (χ3v) is 6.13. The zero-order valence-corrected chi connectivity index (χ0v) is 20.9. The van der Waals surface area contributed by atoms with E-state index in [1.54, 1.807) is 24.3 Å². The molecule has 3 aromatic carbocycles. The lowest BCUT2D eigenvalue weighted by atomic mass is 10.2. The smallest absolute Gasteiger partial charge is 0.339 e. The molecule has 0 aromatic heterocycles. The van der Waals surface area contributed by atoms with Crippen molar-refractivity contribution in [3.63, 3.8) is 0 Å². The van der Waals surface area contributed by atoms with E-state index in [0.717, 1.165) is 20.1 Å². The molecule has 0 radical (unpaired) electrons. The van der Waals surface area contributed by atoms with Crippen molar-refractivity contribution in [1.29, 1.82) is 0 Å². The number of carbonyl (C=O) groups is 1. The third kappa shape index (κ3) is 6.97. The van der Waals surface area contributed by atoms with Crippen LogP contribution in [0.1, 0.15) is 16.7 Å². The standard InChI is InChI=1S/C22H17Br2Cl2N3O2/c1-13-8-18(5-6-19(13)24)28-22(30)29-27-11-15-9-16(23)3-7-21(15)31-12-14-2-4-17(25)10-20(14)26/h2-11H,12H2,1H3,(H2,28,29,30)/b27-11+. The summed E-state index contributed by atoms with van der Waals surface area (Å²) in [6.45, 7) is 2.20. The molecule has 160 valence electrons. The van der Waals surface area contributed by atoms with Gasteiger partial charge in [0, 0.05) is 35.8 Å². The van der Waals surface area contributed by atoms with Crippen molar-refractivity contribution in [3.05, 3.63) is 90.3 Å². The molecule has 0 fully saturated rings. The highest BCUT2D eigenvalue weighted by molar-refractivity contribution is 9.10. The zero-order chi connectivity index (χ0) is 22.4. The molecule has 0 saturated carbocycles. The van der Waals surface area contributed by atoms with Gasteiger partial charge in [0.25, 0.3) is 0 Å². The second-order valence-electron chi connectivity index (χ2n) is 6.49. The van der Waals surface area contributed by atoms with Gasteiger partial charge < -0.3 is 10.1 Å². The molecule has 2 N–H and O–H groups in total. The van der Waals surface area contributed by atoms with Crippen LogP contribution in [0.15, 0.2) is 68.6 Å². The van der Waals surface area contributed by atoms with E-state index in [1.807, 2.05) is 37.3 Å². The summed E-state index contributed by atoms with van der Waals surface area (Å²) in [5.41, 5.74) is 5.61. The Morgan fingerprint density at radius 1 is 1.10 bits per heavy atom. The second-order valence-corrected chi connectivity index (χ2v) is 9.11. The van der Waals surface area contributed by atoms with Crippen LogP contribution in [-0.4, -0.2) is 12.2 Å². The first kappa shape index (κ1) is 23.6. The van der Waals surface area contributed by atoms with Crippen LogP contribution >= 0.6 is 55.1 Å². The molecule has 3 rings (SSSR count). The van der Waals surface area contributed by atoms with Crippen LogP contribution in [0.5, 0.6) is 5.75 Å². The van der Waals surface area contributed by atoms with E-state index >= 15 is 0 Å². The minimum atomic E-state index is -0.455. The summed E-state index contributed by atoms with van der Waals surface area (Å²) < 4.78 is 7.72. The fraction of sp³-hybridized carbons (Fsp3) is 0.0909. The maximum atomic E-state index is 12.1. The molecule has 3 aromatic rings. The Labute approximate surface area is 207 Å². The minimum absolute atomic E-state index is 0.259. The monoisotopic (exact) mass is 583 g/mol. The van der Waals surface area contributed by atoms with Gasteiger partial charge in [-0.3, -0.25) is 0 Å². The highest BCUT2D eigenvalue weighted by atomic mass is 79.9. The number of halogens is 4. The molecular formula is C22H17Br2Cl2N3O2. The fourth-order valence-electron chi connectivity index (χ4n) is 2.59. The lowest BCUT2D eigenvalue weighted by molar-refractivity contribution is 0.252. The van der Waals surface area contributed by atoms with Gasteiger partial charge >= 0.3 is 6.03 Å². The van der Waals surface area contributed by atoms with Crippen LogP contribution in [0.2, 0.25) is 10.0 Å². The molecule has 9 heteroatoms. The number of hydrazone groups is 1. The van der Waals surface area contributed by atoms with Gasteiger partial charge in [0.2, 0.25) is 0 Å².